The van der Waals surface area contributed by atoms with Crippen molar-refractivity contribution in [2.24, 2.45) is 0 Å². The zero-order valence-corrected chi connectivity index (χ0v) is 6.07. The molecule has 1 aromatic rings. The molecule has 0 aliphatic heterocycles. The number of phenolic OH excluding ortho intramolecular Hbond substituents is 1. The first-order chi connectivity index (χ1) is 5.24. The van der Waals surface area contributed by atoms with Crippen LogP contribution in [0.3, 0.4) is 0 Å². The summed E-state index contributed by atoms with van der Waals surface area (Å²) in [5.41, 5.74) is 0.435. The minimum atomic E-state index is -0.398. The molecule has 11 heavy (non-hydrogen) atoms. The van der Waals surface area contributed by atoms with Crippen LogP contribution in [0.1, 0.15) is 10.4 Å². The molecule has 1 rings (SSSR count). The maximum absolute atomic E-state index is 10.8. The first kappa shape index (κ1) is 7.60. The predicted octanol–water partition coefficient (Wildman–Crippen LogP) is 1.18. The van der Waals surface area contributed by atoms with Crippen LogP contribution in [0.15, 0.2) is 24.3 Å². The van der Waals surface area contributed by atoms with Crippen LogP contribution in [0, 0.1) is 0 Å². The van der Waals surface area contributed by atoms with Crippen molar-refractivity contribution in [2.45, 2.75) is 0 Å². The van der Waals surface area contributed by atoms with Gasteiger partial charge in [-0.25, -0.2) is 4.79 Å². The number of ether oxygens (including phenoxy) is 1. The number of hydrogen-bond donors (Lipinski definition) is 1. The van der Waals surface area contributed by atoms with Crippen LogP contribution in [0.4, 0.5) is 0 Å². The quantitative estimate of drug-likeness (QED) is 0.624. The molecule has 0 bridgehead atoms. The van der Waals surface area contributed by atoms with E-state index in [0.717, 1.165) is 0 Å². The lowest BCUT2D eigenvalue weighted by molar-refractivity contribution is 0.0601. The van der Waals surface area contributed by atoms with Crippen LogP contribution >= 0.6 is 0 Å². The fraction of sp³-hybridized carbons (Fsp3) is 0.125. The number of esters is 1. The predicted molar refractivity (Wildman–Crippen MR) is 39.4 cm³/mol. The van der Waals surface area contributed by atoms with Crippen LogP contribution in [-0.2, 0) is 4.74 Å². The summed E-state index contributed by atoms with van der Waals surface area (Å²) in [5, 5.41) is 8.86. The molecule has 0 saturated carbocycles. The average Bonchev–Trinajstić information content (AvgIpc) is 2.05. The Morgan fingerprint density at radius 2 is 1.91 bits per heavy atom. The number of rotatable bonds is 1. The first-order valence-electron chi connectivity index (χ1n) is 3.11. The van der Waals surface area contributed by atoms with E-state index in [0.29, 0.717) is 5.56 Å². The van der Waals surface area contributed by atoms with Crippen LogP contribution < -0.4 is 0 Å². The van der Waals surface area contributed by atoms with Crippen molar-refractivity contribution in [3.63, 3.8) is 0 Å². The molecule has 0 atom stereocenters. The van der Waals surface area contributed by atoms with Gasteiger partial charge in [0.1, 0.15) is 5.75 Å². The van der Waals surface area contributed by atoms with Crippen molar-refractivity contribution in [1.29, 1.82) is 0 Å². The fourth-order valence-electron chi connectivity index (χ4n) is 0.715. The highest BCUT2D eigenvalue weighted by Gasteiger charge is 2.02. The normalized spacial score (nSPS) is 9.18. The Morgan fingerprint density at radius 1 is 1.36 bits per heavy atom. The van der Waals surface area contributed by atoms with Gasteiger partial charge in [0, 0.05) is 0 Å². The van der Waals surface area contributed by atoms with Crippen molar-refractivity contribution in [3.05, 3.63) is 29.8 Å². The Labute approximate surface area is 64.2 Å². The Morgan fingerprint density at radius 3 is 2.36 bits per heavy atom. The van der Waals surface area contributed by atoms with E-state index in [1.165, 1.54) is 31.4 Å². The molecule has 0 aromatic heterocycles. The molecule has 0 unspecified atom stereocenters. The largest absolute Gasteiger partial charge is 0.508 e. The summed E-state index contributed by atoms with van der Waals surface area (Å²) in [6, 6.07) is 5.88. The number of hydrogen-bond acceptors (Lipinski definition) is 3. The van der Waals surface area contributed by atoms with Gasteiger partial charge in [-0.1, -0.05) is 0 Å². The highest BCUT2D eigenvalue weighted by Crippen LogP contribution is 2.09. The number of phenols is 1. The summed E-state index contributed by atoms with van der Waals surface area (Å²) < 4.78 is 4.46. The van der Waals surface area contributed by atoms with Gasteiger partial charge < -0.3 is 9.84 Å². The second-order valence-electron chi connectivity index (χ2n) is 2.04. The summed E-state index contributed by atoms with van der Waals surface area (Å²) in [7, 11) is 1.31. The van der Waals surface area contributed by atoms with Crippen molar-refractivity contribution in [1.82, 2.24) is 0 Å². The lowest BCUT2D eigenvalue weighted by Gasteiger charge is -1.97. The number of aromatic hydroxyl groups is 1. The smallest absolute Gasteiger partial charge is 0.337 e. The molecule has 3 nitrogen and oxygen atoms in total. The second-order valence-corrected chi connectivity index (χ2v) is 2.04. The van der Waals surface area contributed by atoms with E-state index in [2.05, 4.69) is 4.74 Å². The summed E-state index contributed by atoms with van der Waals surface area (Å²) in [4.78, 5) is 10.8. The van der Waals surface area contributed by atoms with E-state index < -0.39 is 5.97 Å². The molecule has 0 spiro atoms. The molecule has 0 radical (unpaired) electrons. The van der Waals surface area contributed by atoms with E-state index in [9.17, 15) is 4.79 Å². The van der Waals surface area contributed by atoms with Crippen molar-refractivity contribution >= 4 is 5.97 Å². The molecule has 0 saturated heterocycles. The third kappa shape index (κ3) is 1.70. The third-order valence-electron chi connectivity index (χ3n) is 1.29. The van der Waals surface area contributed by atoms with Crippen LogP contribution in [0.2, 0.25) is 0 Å². The fourth-order valence-corrected chi connectivity index (χ4v) is 0.715. The van der Waals surface area contributed by atoms with E-state index in [1.54, 1.807) is 0 Å². The van der Waals surface area contributed by atoms with Gasteiger partial charge in [-0.3, -0.25) is 0 Å². The molecular formula is C8H8O3. The molecule has 0 amide bonds. The molecule has 3 heteroatoms. The molecule has 0 aliphatic carbocycles. The van der Waals surface area contributed by atoms with Gasteiger partial charge >= 0.3 is 5.97 Å². The van der Waals surface area contributed by atoms with Gasteiger partial charge in [0.2, 0.25) is 0 Å². The molecule has 0 fully saturated rings. The number of carbonyl (C=O) groups is 1. The van der Waals surface area contributed by atoms with Gasteiger partial charge in [0.05, 0.1) is 12.7 Å². The Kier molecular flexibility index (Phi) is 2.11. The van der Waals surface area contributed by atoms with Gasteiger partial charge in [0.15, 0.2) is 0 Å². The molecule has 0 aliphatic rings. The Hall–Kier alpha value is -1.51. The van der Waals surface area contributed by atoms with Gasteiger partial charge in [-0.15, -0.1) is 0 Å². The van der Waals surface area contributed by atoms with Crippen molar-refractivity contribution < 1.29 is 14.6 Å². The number of benzene rings is 1. The molecule has 1 aromatic carbocycles. The van der Waals surface area contributed by atoms with Crippen LogP contribution in [0.25, 0.3) is 0 Å². The molecule has 58 valence electrons. The molecular weight excluding hydrogens is 150 g/mol. The highest BCUT2D eigenvalue weighted by molar-refractivity contribution is 5.89. The zero-order valence-electron chi connectivity index (χ0n) is 6.07. The zero-order chi connectivity index (χ0) is 8.27. The summed E-state index contributed by atoms with van der Waals surface area (Å²) >= 11 is 0. The minimum Gasteiger partial charge on any atom is -0.508 e. The lowest BCUT2D eigenvalue weighted by atomic mass is 10.9. The highest BCUT2D eigenvalue weighted by atomic mass is 16.5. The lowest BCUT2D eigenvalue weighted by Crippen LogP contribution is -1.99. The van der Waals surface area contributed by atoms with E-state index in [1.807, 2.05) is 0 Å². The summed E-state index contributed by atoms with van der Waals surface area (Å²) in [6.07, 6.45) is 0. The van der Waals surface area contributed by atoms with Crippen molar-refractivity contribution in [2.75, 3.05) is 7.11 Å². The minimum absolute atomic E-state index is 0.137. The van der Waals surface area contributed by atoms with Gasteiger partial charge in [-0.05, 0) is 24.3 Å². The Balaban J connectivity index is 2.90. The SMILES string of the molecule is COC(=O)[13c]1[13cH][13cH][13c](O)[13cH][13cH]1. The van der Waals surface area contributed by atoms with Crippen LogP contribution in [-0.4, -0.2) is 18.2 Å². The number of carbonyl (C=O) groups excluding carboxylic acids is 1. The summed E-state index contributed by atoms with van der Waals surface area (Å²) in [6.45, 7) is 0. The van der Waals surface area contributed by atoms with Gasteiger partial charge in [-0.2, -0.15) is 0 Å². The Bertz CT molecular complexity index is 251. The standard InChI is InChI=1S/C8H8O3/c1-11-8(10)6-2-4-7(9)5-3-6/h2-5,9H,1H3/i2+1,3+1,4+1,5+1,6+1,7+1. The summed E-state index contributed by atoms with van der Waals surface area (Å²) in [5.74, 6) is -0.261. The number of methoxy groups -OCH3 is 1. The first-order valence-corrected chi connectivity index (χ1v) is 3.11. The van der Waals surface area contributed by atoms with E-state index >= 15 is 0 Å². The maximum Gasteiger partial charge on any atom is 0.337 e. The molecule has 1 N–H and O–H groups in total. The third-order valence-corrected chi connectivity index (χ3v) is 1.29. The van der Waals surface area contributed by atoms with E-state index in [-0.39, 0.29) is 5.75 Å². The molecule has 0 heterocycles. The monoisotopic (exact) mass is 158 g/mol. The van der Waals surface area contributed by atoms with Gasteiger partial charge in [0.25, 0.3) is 0 Å². The maximum atomic E-state index is 10.8. The average molecular weight is 158 g/mol. The van der Waals surface area contributed by atoms with Crippen LogP contribution in [0.5, 0.6) is 5.75 Å². The van der Waals surface area contributed by atoms with E-state index in [4.69, 9.17) is 5.11 Å². The van der Waals surface area contributed by atoms with Crippen molar-refractivity contribution in [3.8, 4) is 5.75 Å². The topological polar surface area (TPSA) is 46.5 Å². The second kappa shape index (κ2) is 3.05.